The number of hydrogen-bond acceptors (Lipinski definition) is 5. The lowest BCUT2D eigenvalue weighted by atomic mass is 10.0. The van der Waals surface area contributed by atoms with Crippen LogP contribution >= 0.6 is 0 Å². The smallest absolute Gasteiger partial charge is 0.241 e. The normalized spacial score (nSPS) is 11.7. The molecule has 0 unspecified atom stereocenters. The molecule has 0 bridgehead atoms. The van der Waals surface area contributed by atoms with Crippen molar-refractivity contribution in [2.45, 2.75) is 232 Å². The molecule has 0 radical (unpaired) electrons. The Morgan fingerprint density at radius 1 is 0.351 bits per heavy atom. The van der Waals surface area contributed by atoms with Gasteiger partial charge < -0.3 is 24.9 Å². The lowest BCUT2D eigenvalue weighted by Crippen LogP contribution is -2.41. The van der Waals surface area contributed by atoms with Crippen molar-refractivity contribution in [3.63, 3.8) is 0 Å². The van der Waals surface area contributed by atoms with Gasteiger partial charge in [-0.1, -0.05) is 206 Å². The number of hydrogen-bond donors (Lipinski definition) is 1. The lowest BCUT2D eigenvalue weighted by Gasteiger charge is -2.23. The van der Waals surface area contributed by atoms with Gasteiger partial charge in [0.05, 0.1) is 6.54 Å². The van der Waals surface area contributed by atoms with Crippen LogP contribution < -0.4 is 5.32 Å². The molecular formula is C50H103N5O2. The Morgan fingerprint density at radius 2 is 0.667 bits per heavy atom. The van der Waals surface area contributed by atoms with Crippen molar-refractivity contribution in [2.24, 2.45) is 0 Å². The minimum absolute atomic E-state index is 0.0110. The van der Waals surface area contributed by atoms with Crippen LogP contribution in [0.3, 0.4) is 0 Å². The van der Waals surface area contributed by atoms with Crippen LogP contribution in [0.1, 0.15) is 232 Å². The van der Waals surface area contributed by atoms with Gasteiger partial charge in [-0.2, -0.15) is 0 Å². The number of carbonyl (C=O) groups excluding carboxylic acids is 2. The molecular weight excluding hydrogens is 703 g/mol. The molecule has 0 atom stereocenters. The second kappa shape index (κ2) is 44.4. The highest BCUT2D eigenvalue weighted by Crippen LogP contribution is 2.16. The van der Waals surface area contributed by atoms with Gasteiger partial charge in [0, 0.05) is 39.1 Å². The molecule has 7 nitrogen and oxygen atoms in total. The number of unbranched alkanes of at least 4 members (excludes halogenated alkanes) is 30. The summed E-state index contributed by atoms with van der Waals surface area (Å²) in [5, 5.41) is 2.96. The van der Waals surface area contributed by atoms with Gasteiger partial charge in [0.2, 0.25) is 11.8 Å². The van der Waals surface area contributed by atoms with E-state index in [1.807, 2.05) is 0 Å². The molecule has 0 fully saturated rings. The first-order valence-electron chi connectivity index (χ1n) is 25.4. The highest BCUT2D eigenvalue weighted by Gasteiger charge is 2.15. The highest BCUT2D eigenvalue weighted by atomic mass is 16.2. The Morgan fingerprint density at radius 3 is 1.00 bits per heavy atom. The summed E-state index contributed by atoms with van der Waals surface area (Å²) >= 11 is 0. The van der Waals surface area contributed by atoms with Crippen LogP contribution in [0.5, 0.6) is 0 Å². The van der Waals surface area contributed by atoms with Crippen LogP contribution in [-0.2, 0) is 9.59 Å². The van der Waals surface area contributed by atoms with E-state index in [1.165, 1.54) is 193 Å². The molecule has 7 heteroatoms. The molecule has 0 aliphatic heterocycles. The molecule has 0 saturated carbocycles. The predicted molar refractivity (Wildman–Crippen MR) is 251 cm³/mol. The molecule has 0 saturated heterocycles. The summed E-state index contributed by atoms with van der Waals surface area (Å²) in [5.41, 5.74) is 0. The molecule has 340 valence electrons. The molecule has 1 N–H and O–H groups in total. The van der Waals surface area contributed by atoms with Gasteiger partial charge >= 0.3 is 0 Å². The van der Waals surface area contributed by atoms with E-state index in [-0.39, 0.29) is 18.4 Å². The Labute approximate surface area is 358 Å². The Hall–Kier alpha value is -1.18. The average Bonchev–Trinajstić information content (AvgIpc) is 3.20. The van der Waals surface area contributed by atoms with Gasteiger partial charge in [-0.25, -0.2) is 0 Å². The zero-order chi connectivity index (χ0) is 41.9. The first kappa shape index (κ1) is 55.8. The fraction of sp³-hybridized carbons (Fsp3) is 0.960. The molecule has 0 heterocycles. The zero-order valence-electron chi connectivity index (χ0n) is 39.8. The Balaban J connectivity index is 4.33. The number of carbonyl (C=O) groups is 2. The van der Waals surface area contributed by atoms with Crippen LogP contribution in [0.25, 0.3) is 0 Å². The first-order valence-corrected chi connectivity index (χ1v) is 25.4. The standard InChI is InChI=1S/C50H103N5O2/c1-7-9-11-13-15-17-19-21-23-25-27-29-31-33-35-37-43-55(44-38-36-34-32-30-28-26-24-22-20-18-16-14-12-10-8-2)50(57)48-51-49(56)40-45-53(5)41-39-42-54(6)47-46-52(3)4/h7-48H2,1-6H3,(H,51,56). The van der Waals surface area contributed by atoms with Gasteiger partial charge in [0.15, 0.2) is 0 Å². The summed E-state index contributed by atoms with van der Waals surface area (Å²) < 4.78 is 0. The Bertz CT molecular complexity index is 804. The van der Waals surface area contributed by atoms with E-state index in [9.17, 15) is 9.59 Å². The lowest BCUT2D eigenvalue weighted by molar-refractivity contribution is -0.133. The molecule has 0 rings (SSSR count). The number of rotatable bonds is 46. The van der Waals surface area contributed by atoms with E-state index in [0.29, 0.717) is 6.42 Å². The highest BCUT2D eigenvalue weighted by molar-refractivity contribution is 5.84. The molecule has 0 spiro atoms. The van der Waals surface area contributed by atoms with Gasteiger partial charge in [-0.3, -0.25) is 9.59 Å². The number of amides is 2. The molecule has 0 aromatic rings. The minimum Gasteiger partial charge on any atom is -0.347 e. The zero-order valence-corrected chi connectivity index (χ0v) is 39.8. The van der Waals surface area contributed by atoms with E-state index in [0.717, 1.165) is 65.1 Å². The quantitative estimate of drug-likeness (QED) is 0.0621. The number of nitrogens with one attached hydrogen (secondary N) is 1. The first-order chi connectivity index (χ1) is 27.8. The molecule has 0 aliphatic carbocycles. The van der Waals surface area contributed by atoms with Crippen molar-refractivity contribution in [2.75, 3.05) is 80.5 Å². The third kappa shape index (κ3) is 42.7. The largest absolute Gasteiger partial charge is 0.347 e. The third-order valence-corrected chi connectivity index (χ3v) is 12.1. The maximum absolute atomic E-state index is 13.4. The van der Waals surface area contributed by atoms with Crippen LogP contribution in [-0.4, -0.2) is 112 Å². The van der Waals surface area contributed by atoms with Crippen LogP contribution in [0.2, 0.25) is 0 Å². The predicted octanol–water partition coefficient (Wildman–Crippen LogP) is 12.7. The summed E-state index contributed by atoms with van der Waals surface area (Å²) in [6.45, 7) is 11.3. The number of nitrogens with zero attached hydrogens (tertiary/aromatic N) is 4. The van der Waals surface area contributed by atoms with E-state index < -0.39 is 0 Å². The van der Waals surface area contributed by atoms with E-state index in [4.69, 9.17) is 0 Å². The fourth-order valence-electron chi connectivity index (χ4n) is 7.93. The molecule has 57 heavy (non-hydrogen) atoms. The second-order valence-corrected chi connectivity index (χ2v) is 18.3. The third-order valence-electron chi connectivity index (χ3n) is 12.1. The monoisotopic (exact) mass is 806 g/mol. The summed E-state index contributed by atoms with van der Waals surface area (Å²) in [6, 6.07) is 0. The summed E-state index contributed by atoms with van der Waals surface area (Å²) in [4.78, 5) is 35.0. The van der Waals surface area contributed by atoms with Gasteiger partial charge in [-0.05, 0) is 60.5 Å². The van der Waals surface area contributed by atoms with Crippen LogP contribution in [0, 0.1) is 0 Å². The van der Waals surface area contributed by atoms with Crippen LogP contribution in [0.15, 0.2) is 0 Å². The second-order valence-electron chi connectivity index (χ2n) is 18.3. The van der Waals surface area contributed by atoms with Crippen molar-refractivity contribution in [1.29, 1.82) is 0 Å². The van der Waals surface area contributed by atoms with Crippen molar-refractivity contribution in [1.82, 2.24) is 24.9 Å². The van der Waals surface area contributed by atoms with Crippen molar-refractivity contribution < 1.29 is 9.59 Å². The van der Waals surface area contributed by atoms with E-state index in [2.05, 4.69) is 67.0 Å². The minimum atomic E-state index is -0.0110. The molecule has 2 amide bonds. The molecule has 0 aromatic heterocycles. The maximum Gasteiger partial charge on any atom is 0.241 e. The SMILES string of the molecule is CCCCCCCCCCCCCCCCCCN(CCCCCCCCCCCCCCCCCC)C(=O)CNC(=O)CCN(C)CCCN(C)CCN(C)C. The maximum atomic E-state index is 13.4. The van der Waals surface area contributed by atoms with Crippen molar-refractivity contribution >= 4 is 11.8 Å². The topological polar surface area (TPSA) is 59.1 Å². The van der Waals surface area contributed by atoms with Gasteiger partial charge in [0.1, 0.15) is 0 Å². The number of likely N-dealkylation sites (N-methyl/N-ethyl adjacent to an activating group) is 2. The molecule has 0 aromatic carbocycles. The average molecular weight is 806 g/mol. The van der Waals surface area contributed by atoms with Gasteiger partial charge in [0.25, 0.3) is 0 Å². The van der Waals surface area contributed by atoms with Gasteiger partial charge in [-0.15, -0.1) is 0 Å². The van der Waals surface area contributed by atoms with Crippen molar-refractivity contribution in [3.05, 3.63) is 0 Å². The van der Waals surface area contributed by atoms with E-state index in [1.54, 1.807) is 0 Å². The van der Waals surface area contributed by atoms with Crippen LogP contribution in [0.4, 0.5) is 0 Å². The summed E-state index contributed by atoms with van der Waals surface area (Å²) in [6.07, 6.45) is 45.0. The fourth-order valence-corrected chi connectivity index (χ4v) is 7.93. The van der Waals surface area contributed by atoms with Crippen molar-refractivity contribution in [3.8, 4) is 0 Å². The summed E-state index contributed by atoms with van der Waals surface area (Å²) in [5.74, 6) is 0.0856. The molecule has 0 aliphatic rings. The summed E-state index contributed by atoms with van der Waals surface area (Å²) in [7, 11) is 8.50. The Kier molecular flexibility index (Phi) is 43.5. The van der Waals surface area contributed by atoms with E-state index >= 15 is 0 Å².